The van der Waals surface area contributed by atoms with E-state index < -0.39 is 0 Å². The van der Waals surface area contributed by atoms with E-state index in [1.54, 1.807) is 7.05 Å². The lowest BCUT2D eigenvalue weighted by molar-refractivity contribution is -0.148. The number of rotatable bonds is 17. The van der Waals surface area contributed by atoms with Crippen LogP contribution in [0.3, 0.4) is 0 Å². The van der Waals surface area contributed by atoms with Crippen LogP contribution in [0.2, 0.25) is 0 Å². The lowest BCUT2D eigenvalue weighted by Gasteiger charge is -2.16. The molecule has 25 heavy (non-hydrogen) atoms. The van der Waals surface area contributed by atoms with Crippen LogP contribution in [0.25, 0.3) is 0 Å². The lowest BCUT2D eigenvalue weighted by Crippen LogP contribution is -2.33. The zero-order valence-electron chi connectivity index (χ0n) is 17.0. The highest BCUT2D eigenvalue weighted by Crippen LogP contribution is 2.12. The van der Waals surface area contributed by atoms with E-state index in [1.165, 1.54) is 62.7 Å². The number of carbonyl (C=O) groups is 2. The second-order valence-electron chi connectivity index (χ2n) is 7.11. The summed E-state index contributed by atoms with van der Waals surface area (Å²) in [6.45, 7) is 4.83. The molecule has 0 saturated heterocycles. The highest BCUT2D eigenvalue weighted by molar-refractivity contribution is 5.81. The van der Waals surface area contributed by atoms with Gasteiger partial charge in [-0.25, -0.2) is 0 Å². The van der Waals surface area contributed by atoms with E-state index >= 15 is 0 Å². The number of likely N-dealkylation sites (N-methyl/N-ethyl adjacent to an activating group) is 1. The zero-order chi connectivity index (χ0) is 18.8. The molecule has 0 aliphatic heterocycles. The molecule has 0 saturated carbocycles. The number of amides is 1. The van der Waals surface area contributed by atoms with Gasteiger partial charge in [0.25, 0.3) is 0 Å². The van der Waals surface area contributed by atoms with Crippen molar-refractivity contribution in [2.75, 3.05) is 20.2 Å². The maximum absolute atomic E-state index is 12.0. The van der Waals surface area contributed by atoms with E-state index in [2.05, 4.69) is 13.8 Å². The van der Waals surface area contributed by atoms with Crippen LogP contribution >= 0.6 is 0 Å². The van der Waals surface area contributed by atoms with Gasteiger partial charge in [0, 0.05) is 13.5 Å². The Morgan fingerprint density at radius 3 is 1.72 bits per heavy atom. The molecule has 0 spiro atoms. The summed E-state index contributed by atoms with van der Waals surface area (Å²) < 4.78 is 5.08. The molecule has 148 valence electrons. The zero-order valence-corrected chi connectivity index (χ0v) is 17.0. The van der Waals surface area contributed by atoms with Gasteiger partial charge in [0.05, 0.1) is 6.61 Å². The molecule has 4 heteroatoms. The molecule has 0 rings (SSSR count). The highest BCUT2D eigenvalue weighted by Gasteiger charge is 2.13. The summed E-state index contributed by atoms with van der Waals surface area (Å²) in [7, 11) is 1.68. The third-order valence-corrected chi connectivity index (χ3v) is 4.55. The molecule has 0 aromatic carbocycles. The van der Waals surface area contributed by atoms with Crippen molar-refractivity contribution < 1.29 is 14.3 Å². The first kappa shape index (κ1) is 23.9. The fourth-order valence-electron chi connectivity index (χ4n) is 2.79. The average Bonchev–Trinajstić information content (AvgIpc) is 2.59. The monoisotopic (exact) mass is 355 g/mol. The quantitative estimate of drug-likeness (QED) is 0.256. The summed E-state index contributed by atoms with van der Waals surface area (Å²) in [4.78, 5) is 25.1. The second kappa shape index (κ2) is 17.8. The van der Waals surface area contributed by atoms with E-state index in [9.17, 15) is 9.59 Å². The summed E-state index contributed by atoms with van der Waals surface area (Å²) in [5.41, 5.74) is 0. The standard InChI is InChI=1S/C21H41NO3/c1-4-6-8-9-10-11-12-13-14-15-16-17-20(23)22(3)19-21(24)25-18-7-5-2/h4-19H2,1-3H3. The van der Waals surface area contributed by atoms with Crippen molar-refractivity contribution in [3.8, 4) is 0 Å². The van der Waals surface area contributed by atoms with Crippen molar-refractivity contribution in [2.24, 2.45) is 0 Å². The molecule has 4 nitrogen and oxygen atoms in total. The number of nitrogens with zero attached hydrogens (tertiary/aromatic N) is 1. The molecule has 1 amide bonds. The molecule has 0 fully saturated rings. The molecule has 0 heterocycles. The van der Waals surface area contributed by atoms with Crippen molar-refractivity contribution in [1.82, 2.24) is 4.90 Å². The minimum absolute atomic E-state index is 0.0448. The van der Waals surface area contributed by atoms with Gasteiger partial charge in [-0.1, -0.05) is 84.5 Å². The largest absolute Gasteiger partial charge is 0.464 e. The molecule has 0 aliphatic rings. The Hall–Kier alpha value is -1.06. The van der Waals surface area contributed by atoms with E-state index in [-0.39, 0.29) is 18.4 Å². The molecule has 0 aliphatic carbocycles. The summed E-state index contributed by atoms with van der Waals surface area (Å²) in [6.07, 6.45) is 16.4. The normalized spacial score (nSPS) is 10.7. The van der Waals surface area contributed by atoms with E-state index in [1.807, 2.05) is 0 Å². The molecular weight excluding hydrogens is 314 g/mol. The average molecular weight is 356 g/mol. The van der Waals surface area contributed by atoms with Crippen molar-refractivity contribution in [3.05, 3.63) is 0 Å². The second-order valence-corrected chi connectivity index (χ2v) is 7.11. The number of esters is 1. The van der Waals surface area contributed by atoms with Crippen molar-refractivity contribution >= 4 is 11.9 Å². The summed E-state index contributed by atoms with van der Waals surface area (Å²) in [5, 5.41) is 0. The highest BCUT2D eigenvalue weighted by atomic mass is 16.5. The van der Waals surface area contributed by atoms with E-state index in [4.69, 9.17) is 4.74 Å². The van der Waals surface area contributed by atoms with Crippen LogP contribution in [0.1, 0.15) is 104 Å². The Kier molecular flexibility index (Phi) is 17.0. The van der Waals surface area contributed by atoms with E-state index in [0.717, 1.165) is 25.7 Å². The SMILES string of the molecule is CCCCCCCCCCCCCC(=O)N(C)CC(=O)OCCCC. The minimum Gasteiger partial charge on any atom is -0.464 e. The van der Waals surface area contributed by atoms with Crippen LogP contribution in [0.4, 0.5) is 0 Å². The van der Waals surface area contributed by atoms with Gasteiger partial charge in [-0.15, -0.1) is 0 Å². The van der Waals surface area contributed by atoms with Crippen molar-refractivity contribution in [1.29, 1.82) is 0 Å². The number of hydrogen-bond acceptors (Lipinski definition) is 3. The van der Waals surface area contributed by atoms with Crippen LogP contribution in [-0.2, 0) is 14.3 Å². The third-order valence-electron chi connectivity index (χ3n) is 4.55. The first-order valence-electron chi connectivity index (χ1n) is 10.5. The fourth-order valence-corrected chi connectivity index (χ4v) is 2.79. The van der Waals surface area contributed by atoms with E-state index in [0.29, 0.717) is 13.0 Å². The Morgan fingerprint density at radius 1 is 0.720 bits per heavy atom. The fraction of sp³-hybridized carbons (Fsp3) is 0.905. The van der Waals surface area contributed by atoms with Gasteiger partial charge in [0.15, 0.2) is 0 Å². The molecule has 0 aromatic heterocycles. The van der Waals surface area contributed by atoms with Gasteiger partial charge in [-0.2, -0.15) is 0 Å². The number of carbonyl (C=O) groups excluding carboxylic acids is 2. The van der Waals surface area contributed by atoms with Crippen LogP contribution in [0.15, 0.2) is 0 Å². The van der Waals surface area contributed by atoms with Crippen LogP contribution < -0.4 is 0 Å². The van der Waals surface area contributed by atoms with Gasteiger partial charge >= 0.3 is 5.97 Å². The molecule has 0 bridgehead atoms. The van der Waals surface area contributed by atoms with Gasteiger partial charge in [0.1, 0.15) is 6.54 Å². The third kappa shape index (κ3) is 16.2. The molecule has 0 radical (unpaired) electrons. The number of unbranched alkanes of at least 4 members (excludes halogenated alkanes) is 11. The number of ether oxygens (including phenoxy) is 1. The first-order chi connectivity index (χ1) is 12.1. The topological polar surface area (TPSA) is 46.6 Å². The summed E-state index contributed by atoms with van der Waals surface area (Å²) in [6, 6.07) is 0. The van der Waals surface area contributed by atoms with Crippen molar-refractivity contribution in [3.63, 3.8) is 0 Å². The van der Waals surface area contributed by atoms with Gasteiger partial charge in [-0.3, -0.25) is 9.59 Å². The van der Waals surface area contributed by atoms with Crippen LogP contribution in [0.5, 0.6) is 0 Å². The minimum atomic E-state index is -0.303. The summed E-state index contributed by atoms with van der Waals surface area (Å²) >= 11 is 0. The predicted octanol–water partition coefficient (Wildman–Crippen LogP) is 5.49. The summed E-state index contributed by atoms with van der Waals surface area (Å²) in [5.74, 6) is -0.258. The molecular formula is C21H41NO3. The van der Waals surface area contributed by atoms with Gasteiger partial charge in [-0.05, 0) is 12.8 Å². The molecule has 0 atom stereocenters. The lowest BCUT2D eigenvalue weighted by atomic mass is 10.1. The Bertz CT molecular complexity index is 331. The number of hydrogen-bond donors (Lipinski definition) is 0. The van der Waals surface area contributed by atoms with Gasteiger partial charge < -0.3 is 9.64 Å². The predicted molar refractivity (Wildman–Crippen MR) is 105 cm³/mol. The van der Waals surface area contributed by atoms with Crippen molar-refractivity contribution in [2.45, 2.75) is 104 Å². The maximum Gasteiger partial charge on any atom is 0.325 e. The Balaban J connectivity index is 3.46. The Labute approximate surface area is 155 Å². The first-order valence-corrected chi connectivity index (χ1v) is 10.5. The smallest absolute Gasteiger partial charge is 0.325 e. The van der Waals surface area contributed by atoms with Gasteiger partial charge in [0.2, 0.25) is 5.91 Å². The molecule has 0 aromatic rings. The van der Waals surface area contributed by atoms with Crippen LogP contribution in [-0.4, -0.2) is 37.0 Å². The van der Waals surface area contributed by atoms with Crippen LogP contribution in [0, 0.1) is 0 Å². The molecule has 0 unspecified atom stereocenters. The molecule has 0 N–H and O–H groups in total. The Morgan fingerprint density at radius 2 is 1.20 bits per heavy atom. The maximum atomic E-state index is 12.0.